The summed E-state index contributed by atoms with van der Waals surface area (Å²) in [7, 11) is 0. The first-order chi connectivity index (χ1) is 4.91. The van der Waals surface area contributed by atoms with Gasteiger partial charge in [0.15, 0.2) is 0 Å². The molecule has 0 saturated carbocycles. The van der Waals surface area contributed by atoms with Crippen molar-refractivity contribution in [2.75, 3.05) is 13.2 Å². The Hall–Kier alpha value is 0.137. The first-order valence-corrected chi connectivity index (χ1v) is 4.16. The molecule has 0 radical (unpaired) electrons. The molecule has 11 heavy (non-hydrogen) atoms. The lowest BCUT2D eigenvalue weighted by atomic mass is 10.4. The Balaban J connectivity index is 0. The zero-order chi connectivity index (χ0) is 7.66. The van der Waals surface area contributed by atoms with Crippen molar-refractivity contribution in [3.05, 3.63) is 0 Å². The minimum absolute atomic E-state index is 0. The molecule has 0 aromatic heterocycles. The first-order valence-electron chi connectivity index (χ1n) is 4.16. The Labute approximate surface area is 74.2 Å². The molecule has 0 aliphatic carbocycles. The van der Waals surface area contributed by atoms with E-state index in [4.69, 9.17) is 9.78 Å². The standard InChI is InChI=1S/C8H18O2.H4Si/c1-3-5-7-9-10-8-6-4-2;/h3-8H2,1-2H3;1H4. The van der Waals surface area contributed by atoms with Gasteiger partial charge in [-0.05, 0) is 23.8 Å². The van der Waals surface area contributed by atoms with E-state index in [9.17, 15) is 0 Å². The molecule has 0 aromatic rings. The molecule has 0 unspecified atom stereocenters. The molecule has 2 nitrogen and oxygen atoms in total. The van der Waals surface area contributed by atoms with E-state index in [2.05, 4.69) is 13.8 Å². The van der Waals surface area contributed by atoms with Crippen LogP contribution in [-0.2, 0) is 9.78 Å². The molecule has 0 bridgehead atoms. The number of unbranched alkanes of at least 4 members (excludes halogenated alkanes) is 2. The van der Waals surface area contributed by atoms with E-state index in [1.807, 2.05) is 0 Å². The minimum Gasteiger partial charge on any atom is -0.237 e. The Bertz CT molecular complexity index is 52.1. The van der Waals surface area contributed by atoms with Crippen LogP contribution < -0.4 is 0 Å². The van der Waals surface area contributed by atoms with Gasteiger partial charge in [-0.25, -0.2) is 9.78 Å². The van der Waals surface area contributed by atoms with Crippen LogP contribution in [0.3, 0.4) is 0 Å². The van der Waals surface area contributed by atoms with Crippen LogP contribution in [0.15, 0.2) is 0 Å². The molecule has 0 fully saturated rings. The van der Waals surface area contributed by atoms with Gasteiger partial charge in [0.1, 0.15) is 0 Å². The molecule has 3 heteroatoms. The van der Waals surface area contributed by atoms with Crippen LogP contribution in [-0.4, -0.2) is 24.2 Å². The smallest absolute Gasteiger partial charge is 0.0822 e. The van der Waals surface area contributed by atoms with E-state index in [1.165, 1.54) is 0 Å². The molecular formula is C8H22O2Si. The van der Waals surface area contributed by atoms with Crippen LogP contribution in [0.5, 0.6) is 0 Å². The normalized spacial score (nSPS) is 9.27. The molecule has 0 spiro atoms. The average Bonchev–Trinajstić information content (AvgIpc) is 1.97. The third-order valence-corrected chi connectivity index (χ3v) is 1.25. The van der Waals surface area contributed by atoms with E-state index in [1.54, 1.807) is 0 Å². The molecule has 0 aromatic carbocycles. The fourth-order valence-corrected chi connectivity index (χ4v) is 0.524. The van der Waals surface area contributed by atoms with Crippen molar-refractivity contribution in [2.24, 2.45) is 0 Å². The number of rotatable bonds is 7. The molecule has 0 amide bonds. The van der Waals surface area contributed by atoms with Crippen molar-refractivity contribution >= 4 is 11.0 Å². The topological polar surface area (TPSA) is 18.5 Å². The second-order valence-corrected chi connectivity index (χ2v) is 2.35. The van der Waals surface area contributed by atoms with Crippen molar-refractivity contribution in [1.29, 1.82) is 0 Å². The Morgan fingerprint density at radius 1 is 0.818 bits per heavy atom. The second kappa shape index (κ2) is 12.8. The van der Waals surface area contributed by atoms with E-state index in [0.717, 1.165) is 38.9 Å². The lowest BCUT2D eigenvalue weighted by Gasteiger charge is -2.00. The predicted octanol–water partition coefficient (Wildman–Crippen LogP) is 1.08. The first kappa shape index (κ1) is 13.7. The number of hydrogen-bond donors (Lipinski definition) is 0. The highest BCUT2D eigenvalue weighted by molar-refractivity contribution is 5.75. The molecule has 0 heterocycles. The molecule has 0 atom stereocenters. The largest absolute Gasteiger partial charge is 0.237 e. The predicted molar refractivity (Wildman–Crippen MR) is 53.1 cm³/mol. The van der Waals surface area contributed by atoms with Gasteiger partial charge in [-0.2, -0.15) is 0 Å². The van der Waals surface area contributed by atoms with Crippen LogP contribution in [0.4, 0.5) is 0 Å². The molecule has 70 valence electrons. The number of hydrogen-bond acceptors (Lipinski definition) is 2. The van der Waals surface area contributed by atoms with E-state index < -0.39 is 0 Å². The van der Waals surface area contributed by atoms with Crippen molar-refractivity contribution in [3.8, 4) is 0 Å². The monoisotopic (exact) mass is 178 g/mol. The Morgan fingerprint density at radius 3 is 1.45 bits per heavy atom. The van der Waals surface area contributed by atoms with Crippen LogP contribution in [0.2, 0.25) is 0 Å². The highest BCUT2D eigenvalue weighted by Crippen LogP contribution is 1.91. The third kappa shape index (κ3) is 13.2. The maximum atomic E-state index is 4.88. The summed E-state index contributed by atoms with van der Waals surface area (Å²) < 4.78 is 0. The molecule has 0 N–H and O–H groups in total. The van der Waals surface area contributed by atoms with Crippen molar-refractivity contribution in [3.63, 3.8) is 0 Å². The quantitative estimate of drug-likeness (QED) is 0.251. The van der Waals surface area contributed by atoms with Gasteiger partial charge in [-0.1, -0.05) is 26.7 Å². The summed E-state index contributed by atoms with van der Waals surface area (Å²) >= 11 is 0. The van der Waals surface area contributed by atoms with E-state index in [-0.39, 0.29) is 11.0 Å². The summed E-state index contributed by atoms with van der Waals surface area (Å²) in [5.74, 6) is 0. The summed E-state index contributed by atoms with van der Waals surface area (Å²) in [6, 6.07) is 0. The van der Waals surface area contributed by atoms with Gasteiger partial charge in [-0.15, -0.1) is 0 Å². The van der Waals surface area contributed by atoms with Gasteiger partial charge < -0.3 is 0 Å². The lowest BCUT2D eigenvalue weighted by Crippen LogP contribution is -1.97. The highest BCUT2D eigenvalue weighted by Gasteiger charge is 1.86. The summed E-state index contributed by atoms with van der Waals surface area (Å²) in [6.07, 6.45) is 4.51. The lowest BCUT2D eigenvalue weighted by molar-refractivity contribution is -0.295. The van der Waals surface area contributed by atoms with Crippen LogP contribution in [0.1, 0.15) is 39.5 Å². The molecule has 0 aliphatic rings. The van der Waals surface area contributed by atoms with Gasteiger partial charge in [-0.3, -0.25) is 0 Å². The fourth-order valence-electron chi connectivity index (χ4n) is 0.524. The maximum absolute atomic E-state index is 4.88. The summed E-state index contributed by atoms with van der Waals surface area (Å²) in [5.41, 5.74) is 0. The zero-order valence-corrected chi connectivity index (χ0v) is 7.06. The minimum atomic E-state index is 0. The Morgan fingerprint density at radius 2 is 1.18 bits per heavy atom. The maximum Gasteiger partial charge on any atom is 0.0822 e. The van der Waals surface area contributed by atoms with Gasteiger partial charge in [0, 0.05) is 0 Å². The van der Waals surface area contributed by atoms with E-state index in [0.29, 0.717) is 0 Å². The second-order valence-electron chi connectivity index (χ2n) is 2.35. The molecule has 0 rings (SSSR count). The fraction of sp³-hybridized carbons (Fsp3) is 1.00. The Kier molecular flexibility index (Phi) is 15.9. The molecule has 0 aliphatic heterocycles. The third-order valence-electron chi connectivity index (χ3n) is 1.25. The summed E-state index contributed by atoms with van der Waals surface area (Å²) in [5, 5.41) is 0. The zero-order valence-electron chi connectivity index (χ0n) is 7.06. The van der Waals surface area contributed by atoms with Crippen molar-refractivity contribution in [2.45, 2.75) is 39.5 Å². The van der Waals surface area contributed by atoms with E-state index >= 15 is 0 Å². The summed E-state index contributed by atoms with van der Waals surface area (Å²) in [6.45, 7) is 5.74. The SMILES string of the molecule is CCCCOOCCCC.[SiH4]. The van der Waals surface area contributed by atoms with Crippen LogP contribution in [0, 0.1) is 0 Å². The van der Waals surface area contributed by atoms with Crippen molar-refractivity contribution in [1.82, 2.24) is 0 Å². The van der Waals surface area contributed by atoms with Crippen LogP contribution >= 0.6 is 0 Å². The van der Waals surface area contributed by atoms with Gasteiger partial charge in [0.05, 0.1) is 13.2 Å². The van der Waals surface area contributed by atoms with Crippen molar-refractivity contribution < 1.29 is 9.78 Å². The van der Waals surface area contributed by atoms with Crippen LogP contribution in [0.25, 0.3) is 0 Å². The van der Waals surface area contributed by atoms with Gasteiger partial charge >= 0.3 is 0 Å². The molecular weight excluding hydrogens is 156 g/mol. The van der Waals surface area contributed by atoms with Gasteiger partial charge in [0.25, 0.3) is 0 Å². The average molecular weight is 178 g/mol. The highest BCUT2D eigenvalue weighted by atomic mass is 28.1. The molecule has 0 saturated heterocycles. The summed E-state index contributed by atoms with van der Waals surface area (Å²) in [4.78, 5) is 9.75. The van der Waals surface area contributed by atoms with Gasteiger partial charge in [0.2, 0.25) is 0 Å².